The van der Waals surface area contributed by atoms with Crippen molar-refractivity contribution in [2.24, 2.45) is 0 Å². The van der Waals surface area contributed by atoms with E-state index in [2.05, 4.69) is 99.9 Å². The Bertz CT molecular complexity index is 2090. The highest BCUT2D eigenvalue weighted by Crippen LogP contribution is 2.53. The summed E-state index contributed by atoms with van der Waals surface area (Å²) in [7, 11) is 0. The van der Waals surface area contributed by atoms with E-state index in [0.717, 1.165) is 39.4 Å². The molecule has 0 N–H and O–H groups in total. The number of hydrogen-bond donors (Lipinski definition) is 0. The standard InChI is InChI=1S/C37H31N3O/c1-6-12-28-31(21(2)3)24-19-20-26-32(22-13-7-9-15-25(22)37(26,4)5)35(24)40(28)36-38-27-16-11-18-30-33(27)34(39-36)23-14-8-10-17-29(23)41-30/h6-21H,1-5H3/b12-6-. The van der Waals surface area contributed by atoms with Gasteiger partial charge in [-0.3, -0.25) is 4.57 Å². The Morgan fingerprint density at radius 2 is 1.56 bits per heavy atom. The number of fused-ring (bicyclic) bond motifs is 7. The van der Waals surface area contributed by atoms with Crippen LogP contribution in [0.15, 0.2) is 84.9 Å². The molecule has 0 bridgehead atoms. The maximum absolute atomic E-state index is 6.29. The monoisotopic (exact) mass is 533 g/mol. The Morgan fingerprint density at radius 3 is 2.37 bits per heavy atom. The predicted molar refractivity (Wildman–Crippen MR) is 168 cm³/mol. The van der Waals surface area contributed by atoms with Crippen LogP contribution in [0.4, 0.5) is 0 Å². The first-order valence-corrected chi connectivity index (χ1v) is 14.4. The molecule has 1 aliphatic carbocycles. The van der Waals surface area contributed by atoms with Gasteiger partial charge in [-0.1, -0.05) is 88.4 Å². The third-order valence-electron chi connectivity index (χ3n) is 8.89. The number of para-hydroxylation sites is 1. The fraction of sp³-hybridized carbons (Fsp3) is 0.189. The van der Waals surface area contributed by atoms with Crippen LogP contribution in [-0.2, 0) is 5.41 Å². The minimum Gasteiger partial charge on any atom is -0.456 e. The summed E-state index contributed by atoms with van der Waals surface area (Å²) in [5, 5.41) is 2.22. The minimum atomic E-state index is -0.102. The van der Waals surface area contributed by atoms with Crippen LogP contribution in [0.25, 0.3) is 56.2 Å². The van der Waals surface area contributed by atoms with Gasteiger partial charge in [-0.05, 0) is 65.4 Å². The van der Waals surface area contributed by atoms with Gasteiger partial charge in [-0.2, -0.15) is 0 Å². The van der Waals surface area contributed by atoms with Crippen LogP contribution in [0, 0.1) is 0 Å². The molecule has 6 aromatic rings. The van der Waals surface area contributed by atoms with Gasteiger partial charge < -0.3 is 4.74 Å². The van der Waals surface area contributed by atoms with Gasteiger partial charge in [-0.25, -0.2) is 9.97 Å². The van der Waals surface area contributed by atoms with Gasteiger partial charge in [0.2, 0.25) is 5.95 Å². The summed E-state index contributed by atoms with van der Waals surface area (Å²) >= 11 is 0. The van der Waals surface area contributed by atoms with Crippen LogP contribution in [0.2, 0.25) is 0 Å². The van der Waals surface area contributed by atoms with E-state index < -0.39 is 0 Å². The molecule has 1 aliphatic heterocycles. The van der Waals surface area contributed by atoms with Crippen LogP contribution in [0.3, 0.4) is 0 Å². The number of hydrogen-bond acceptors (Lipinski definition) is 3. The summed E-state index contributed by atoms with van der Waals surface area (Å²) in [4.78, 5) is 10.6. The van der Waals surface area contributed by atoms with Gasteiger partial charge in [0.25, 0.3) is 0 Å². The van der Waals surface area contributed by atoms with E-state index in [4.69, 9.17) is 14.7 Å². The number of ether oxygens (including phenoxy) is 1. The molecular weight excluding hydrogens is 502 g/mol. The lowest BCUT2D eigenvalue weighted by atomic mass is 9.82. The predicted octanol–water partition coefficient (Wildman–Crippen LogP) is 9.81. The number of nitrogens with zero attached hydrogens (tertiary/aromatic N) is 3. The van der Waals surface area contributed by atoms with Gasteiger partial charge in [0, 0.05) is 21.9 Å². The second-order valence-electron chi connectivity index (χ2n) is 12.0. The van der Waals surface area contributed by atoms with Crippen molar-refractivity contribution in [3.63, 3.8) is 0 Å². The maximum Gasteiger partial charge on any atom is 0.235 e. The van der Waals surface area contributed by atoms with Crippen LogP contribution < -0.4 is 4.74 Å². The topological polar surface area (TPSA) is 39.9 Å². The Kier molecular flexibility index (Phi) is 4.94. The average molecular weight is 534 g/mol. The summed E-state index contributed by atoms with van der Waals surface area (Å²) in [6.45, 7) is 11.3. The van der Waals surface area contributed by atoms with Crippen molar-refractivity contribution in [3.8, 4) is 39.8 Å². The first-order chi connectivity index (χ1) is 19.9. The number of aromatic nitrogens is 3. The third-order valence-corrected chi connectivity index (χ3v) is 8.89. The van der Waals surface area contributed by atoms with Gasteiger partial charge >= 0.3 is 0 Å². The lowest BCUT2D eigenvalue weighted by Crippen LogP contribution is -2.14. The summed E-state index contributed by atoms with van der Waals surface area (Å²) < 4.78 is 8.61. The summed E-state index contributed by atoms with van der Waals surface area (Å²) in [5.41, 5.74) is 11.6. The molecule has 4 aromatic carbocycles. The van der Waals surface area contributed by atoms with Gasteiger partial charge in [-0.15, -0.1) is 0 Å². The second kappa shape index (κ2) is 8.40. The van der Waals surface area contributed by atoms with E-state index in [0.29, 0.717) is 11.9 Å². The highest BCUT2D eigenvalue weighted by Gasteiger charge is 2.38. The molecule has 3 heterocycles. The van der Waals surface area contributed by atoms with Crippen molar-refractivity contribution in [2.75, 3.05) is 0 Å². The van der Waals surface area contributed by atoms with Crippen LogP contribution >= 0.6 is 0 Å². The lowest BCUT2D eigenvalue weighted by Gasteiger charge is -2.22. The molecule has 4 heteroatoms. The van der Waals surface area contributed by atoms with E-state index in [1.54, 1.807) is 0 Å². The number of allylic oxidation sites excluding steroid dienone is 1. The number of rotatable bonds is 3. The molecule has 200 valence electrons. The van der Waals surface area contributed by atoms with E-state index >= 15 is 0 Å². The van der Waals surface area contributed by atoms with E-state index in [1.807, 2.05) is 30.3 Å². The molecule has 0 radical (unpaired) electrons. The second-order valence-corrected chi connectivity index (χ2v) is 12.0. The summed E-state index contributed by atoms with van der Waals surface area (Å²) in [5.74, 6) is 2.62. The van der Waals surface area contributed by atoms with Crippen LogP contribution in [-0.4, -0.2) is 14.5 Å². The highest BCUT2D eigenvalue weighted by molar-refractivity contribution is 6.06. The number of benzene rings is 4. The van der Waals surface area contributed by atoms with Crippen molar-refractivity contribution >= 4 is 27.9 Å². The molecule has 0 saturated carbocycles. The zero-order chi connectivity index (χ0) is 28.0. The molecule has 0 fully saturated rings. The molecule has 8 rings (SSSR count). The molecule has 4 nitrogen and oxygen atoms in total. The molecular formula is C37H31N3O. The van der Waals surface area contributed by atoms with Crippen LogP contribution in [0.5, 0.6) is 11.5 Å². The van der Waals surface area contributed by atoms with Gasteiger partial charge in [0.15, 0.2) is 0 Å². The first kappa shape index (κ1) is 24.1. The smallest absolute Gasteiger partial charge is 0.235 e. The fourth-order valence-electron chi connectivity index (χ4n) is 7.13. The molecule has 0 amide bonds. The third kappa shape index (κ3) is 3.16. The Hall–Kier alpha value is -4.70. The van der Waals surface area contributed by atoms with Gasteiger partial charge in [0.1, 0.15) is 11.5 Å². The van der Waals surface area contributed by atoms with Crippen LogP contribution in [0.1, 0.15) is 62.9 Å². The van der Waals surface area contributed by atoms with E-state index in [-0.39, 0.29) is 5.41 Å². The summed E-state index contributed by atoms with van der Waals surface area (Å²) in [6, 6.07) is 27.8. The zero-order valence-electron chi connectivity index (χ0n) is 24.0. The normalized spacial score (nSPS) is 14.5. The minimum absolute atomic E-state index is 0.102. The average Bonchev–Trinajstić information content (AvgIpc) is 3.42. The quantitative estimate of drug-likeness (QED) is 0.227. The van der Waals surface area contributed by atoms with E-state index in [1.165, 1.54) is 38.7 Å². The highest BCUT2D eigenvalue weighted by atomic mass is 16.5. The lowest BCUT2D eigenvalue weighted by molar-refractivity contribution is 0.486. The SMILES string of the molecule is C/C=C\c1c(C(C)C)c2ccc3c(c2n1-c1nc2c4c(cccc4n1)Oc1ccccc1-2)-c1ccccc1C3(C)C. The molecule has 0 saturated heterocycles. The van der Waals surface area contributed by atoms with Gasteiger partial charge in [0.05, 0.1) is 27.8 Å². The van der Waals surface area contributed by atoms with Crippen molar-refractivity contribution in [1.82, 2.24) is 14.5 Å². The molecule has 0 atom stereocenters. The Morgan fingerprint density at radius 1 is 0.805 bits per heavy atom. The largest absolute Gasteiger partial charge is 0.456 e. The Balaban J connectivity index is 1.57. The first-order valence-electron chi connectivity index (χ1n) is 14.4. The fourth-order valence-corrected chi connectivity index (χ4v) is 7.13. The molecule has 41 heavy (non-hydrogen) atoms. The molecule has 0 unspecified atom stereocenters. The van der Waals surface area contributed by atoms with E-state index in [9.17, 15) is 0 Å². The zero-order valence-corrected chi connectivity index (χ0v) is 24.0. The molecule has 0 spiro atoms. The summed E-state index contributed by atoms with van der Waals surface area (Å²) in [6.07, 6.45) is 4.35. The Labute approximate surface area is 240 Å². The maximum atomic E-state index is 6.29. The van der Waals surface area contributed by atoms with Crippen molar-refractivity contribution in [3.05, 3.63) is 107 Å². The van der Waals surface area contributed by atoms with Crippen molar-refractivity contribution in [2.45, 2.75) is 46.0 Å². The van der Waals surface area contributed by atoms with Crippen molar-refractivity contribution < 1.29 is 4.74 Å². The molecule has 2 aliphatic rings. The van der Waals surface area contributed by atoms with Crippen molar-refractivity contribution in [1.29, 1.82) is 0 Å². The molecule has 2 aromatic heterocycles.